The largest absolute Gasteiger partial charge is 0.327 e. The summed E-state index contributed by atoms with van der Waals surface area (Å²) >= 11 is 0. The first kappa shape index (κ1) is 16.7. The number of hydrogen-bond donors (Lipinski definition) is 1. The third-order valence-corrected chi connectivity index (χ3v) is 6.38. The Bertz CT molecular complexity index is 611. The number of fused-ring (bicyclic) bond motifs is 1. The van der Waals surface area contributed by atoms with Crippen LogP contribution in [0, 0.1) is 17.7 Å². The van der Waals surface area contributed by atoms with Crippen molar-refractivity contribution >= 4 is 22.4 Å². The van der Waals surface area contributed by atoms with Gasteiger partial charge < -0.3 is 5.73 Å². The van der Waals surface area contributed by atoms with Crippen molar-refractivity contribution in [2.45, 2.75) is 30.2 Å². The lowest BCUT2D eigenvalue weighted by Gasteiger charge is -2.29. The van der Waals surface area contributed by atoms with E-state index >= 15 is 0 Å². The minimum atomic E-state index is -3.61. The molecule has 118 valence electrons. The predicted octanol–water partition coefficient (Wildman–Crippen LogP) is 2.00. The van der Waals surface area contributed by atoms with E-state index in [0.29, 0.717) is 19.0 Å². The van der Waals surface area contributed by atoms with E-state index in [-0.39, 0.29) is 29.3 Å². The van der Waals surface area contributed by atoms with Crippen molar-refractivity contribution in [1.29, 1.82) is 0 Å². The third-order valence-electron chi connectivity index (χ3n) is 4.55. The summed E-state index contributed by atoms with van der Waals surface area (Å²) < 4.78 is 39.8. The van der Waals surface area contributed by atoms with Gasteiger partial charge in [0.1, 0.15) is 5.82 Å². The van der Waals surface area contributed by atoms with Gasteiger partial charge in [0.15, 0.2) is 0 Å². The lowest BCUT2D eigenvalue weighted by molar-refractivity contribution is 0.260. The molecular weight excluding hydrogens is 315 g/mol. The van der Waals surface area contributed by atoms with Gasteiger partial charge in [-0.05, 0) is 42.9 Å². The highest BCUT2D eigenvalue weighted by molar-refractivity contribution is 7.89. The molecule has 0 spiro atoms. The van der Waals surface area contributed by atoms with Crippen LogP contribution in [0.5, 0.6) is 0 Å². The maximum atomic E-state index is 13.2. The summed E-state index contributed by atoms with van der Waals surface area (Å²) in [5, 5.41) is 0. The van der Waals surface area contributed by atoms with E-state index in [4.69, 9.17) is 5.73 Å². The van der Waals surface area contributed by atoms with Crippen LogP contribution in [0.3, 0.4) is 0 Å². The van der Waals surface area contributed by atoms with Gasteiger partial charge in [-0.1, -0.05) is 12.5 Å². The summed E-state index contributed by atoms with van der Waals surface area (Å²) in [5.41, 5.74) is 6.11. The lowest BCUT2D eigenvalue weighted by Crippen LogP contribution is -2.38. The van der Waals surface area contributed by atoms with Crippen molar-refractivity contribution in [3.8, 4) is 0 Å². The highest BCUT2D eigenvalue weighted by atomic mass is 35.5. The fourth-order valence-electron chi connectivity index (χ4n) is 3.45. The number of sulfonamides is 1. The summed E-state index contributed by atoms with van der Waals surface area (Å²) in [7, 11) is -3.61. The SMILES string of the molecule is Cl.NC1CCCC2CN(S(=O)(=O)c3cccc(F)c3)CC12. The summed E-state index contributed by atoms with van der Waals surface area (Å²) in [6.45, 7) is 0.974. The molecule has 3 atom stereocenters. The second-order valence-electron chi connectivity index (χ2n) is 5.80. The molecule has 1 heterocycles. The Hall–Kier alpha value is -0.690. The smallest absolute Gasteiger partial charge is 0.243 e. The molecular formula is C14H20ClFN2O2S. The summed E-state index contributed by atoms with van der Waals surface area (Å²) in [6, 6.07) is 5.29. The van der Waals surface area contributed by atoms with Crippen molar-refractivity contribution in [1.82, 2.24) is 4.31 Å². The van der Waals surface area contributed by atoms with E-state index < -0.39 is 15.8 Å². The molecule has 2 N–H and O–H groups in total. The topological polar surface area (TPSA) is 63.4 Å². The van der Waals surface area contributed by atoms with Gasteiger partial charge in [0.25, 0.3) is 0 Å². The molecule has 2 fully saturated rings. The van der Waals surface area contributed by atoms with Gasteiger partial charge in [-0.15, -0.1) is 12.4 Å². The molecule has 3 rings (SSSR count). The predicted molar refractivity (Wildman–Crippen MR) is 81.2 cm³/mol. The van der Waals surface area contributed by atoms with Gasteiger partial charge >= 0.3 is 0 Å². The Balaban J connectivity index is 0.00000161. The van der Waals surface area contributed by atoms with Gasteiger partial charge in [0, 0.05) is 19.1 Å². The van der Waals surface area contributed by atoms with E-state index in [1.807, 2.05) is 0 Å². The highest BCUT2D eigenvalue weighted by Crippen LogP contribution is 2.37. The Morgan fingerprint density at radius 3 is 2.67 bits per heavy atom. The fraction of sp³-hybridized carbons (Fsp3) is 0.571. The number of hydrogen-bond acceptors (Lipinski definition) is 3. The number of rotatable bonds is 2. The number of benzene rings is 1. The second kappa shape index (κ2) is 6.20. The molecule has 0 aromatic heterocycles. The summed E-state index contributed by atoms with van der Waals surface area (Å²) in [4.78, 5) is 0.0321. The zero-order chi connectivity index (χ0) is 14.3. The first-order valence-corrected chi connectivity index (χ1v) is 8.44. The maximum absolute atomic E-state index is 13.2. The van der Waals surface area contributed by atoms with Crippen molar-refractivity contribution in [3.63, 3.8) is 0 Å². The number of halogens is 2. The van der Waals surface area contributed by atoms with Crippen LogP contribution in [0.25, 0.3) is 0 Å². The summed E-state index contributed by atoms with van der Waals surface area (Å²) in [6.07, 6.45) is 3.07. The zero-order valence-electron chi connectivity index (χ0n) is 11.6. The van der Waals surface area contributed by atoms with Crippen LogP contribution in [0.2, 0.25) is 0 Å². The molecule has 1 saturated carbocycles. The van der Waals surface area contributed by atoms with E-state index in [2.05, 4.69) is 0 Å². The van der Waals surface area contributed by atoms with E-state index in [1.54, 1.807) is 0 Å². The van der Waals surface area contributed by atoms with E-state index in [9.17, 15) is 12.8 Å². The van der Waals surface area contributed by atoms with Crippen LogP contribution in [0.4, 0.5) is 4.39 Å². The van der Waals surface area contributed by atoms with Crippen LogP contribution in [-0.4, -0.2) is 31.9 Å². The molecule has 1 aromatic carbocycles. The van der Waals surface area contributed by atoms with Gasteiger partial charge in [-0.25, -0.2) is 12.8 Å². The number of nitrogens with zero attached hydrogens (tertiary/aromatic N) is 1. The van der Waals surface area contributed by atoms with Crippen molar-refractivity contribution in [2.24, 2.45) is 17.6 Å². The molecule has 1 aliphatic carbocycles. The van der Waals surface area contributed by atoms with Gasteiger partial charge in [0.05, 0.1) is 4.90 Å². The average Bonchev–Trinajstić information content (AvgIpc) is 2.85. The molecule has 0 bridgehead atoms. The van der Waals surface area contributed by atoms with Gasteiger partial charge in [-0.2, -0.15) is 4.31 Å². The first-order valence-electron chi connectivity index (χ1n) is 7.00. The normalized spacial score (nSPS) is 29.7. The zero-order valence-corrected chi connectivity index (χ0v) is 13.2. The molecule has 0 radical (unpaired) electrons. The molecule has 4 nitrogen and oxygen atoms in total. The van der Waals surface area contributed by atoms with Gasteiger partial charge in [-0.3, -0.25) is 0 Å². The van der Waals surface area contributed by atoms with Crippen LogP contribution < -0.4 is 5.73 Å². The minimum Gasteiger partial charge on any atom is -0.327 e. The second-order valence-corrected chi connectivity index (χ2v) is 7.74. The van der Waals surface area contributed by atoms with Crippen molar-refractivity contribution < 1.29 is 12.8 Å². The fourth-order valence-corrected chi connectivity index (χ4v) is 5.01. The molecule has 21 heavy (non-hydrogen) atoms. The van der Waals surface area contributed by atoms with Crippen LogP contribution in [-0.2, 0) is 10.0 Å². The monoisotopic (exact) mass is 334 g/mol. The molecule has 1 saturated heterocycles. The van der Waals surface area contributed by atoms with Crippen LogP contribution >= 0.6 is 12.4 Å². The lowest BCUT2D eigenvalue weighted by atomic mass is 9.78. The quantitative estimate of drug-likeness (QED) is 0.899. The Kier molecular flexibility index (Phi) is 4.92. The maximum Gasteiger partial charge on any atom is 0.243 e. The molecule has 1 aliphatic heterocycles. The first-order chi connectivity index (χ1) is 9.48. The Morgan fingerprint density at radius 1 is 1.24 bits per heavy atom. The molecule has 7 heteroatoms. The van der Waals surface area contributed by atoms with Gasteiger partial charge in [0.2, 0.25) is 10.0 Å². The third kappa shape index (κ3) is 3.08. The molecule has 0 amide bonds. The van der Waals surface area contributed by atoms with Crippen molar-refractivity contribution in [3.05, 3.63) is 30.1 Å². The Labute approximate surface area is 131 Å². The highest BCUT2D eigenvalue weighted by Gasteiger charge is 2.43. The van der Waals surface area contributed by atoms with Crippen LogP contribution in [0.15, 0.2) is 29.2 Å². The van der Waals surface area contributed by atoms with Crippen molar-refractivity contribution in [2.75, 3.05) is 13.1 Å². The molecule has 3 unspecified atom stereocenters. The number of nitrogens with two attached hydrogens (primary N) is 1. The molecule has 1 aromatic rings. The molecule has 2 aliphatic rings. The summed E-state index contributed by atoms with van der Waals surface area (Å²) in [5.74, 6) is 0.0635. The minimum absolute atomic E-state index is 0. The van der Waals surface area contributed by atoms with E-state index in [1.165, 1.54) is 22.5 Å². The average molecular weight is 335 g/mol. The van der Waals surface area contributed by atoms with Crippen LogP contribution in [0.1, 0.15) is 19.3 Å². The van der Waals surface area contributed by atoms with E-state index in [0.717, 1.165) is 25.3 Å². The Morgan fingerprint density at radius 2 is 2.00 bits per heavy atom. The standard InChI is InChI=1S/C14H19FN2O2S.ClH/c15-11-4-2-5-12(7-11)20(18,19)17-8-10-3-1-6-14(16)13(10)9-17;/h2,4-5,7,10,13-14H,1,3,6,8-9,16H2;1H.